The molecule has 0 radical (unpaired) electrons. The summed E-state index contributed by atoms with van der Waals surface area (Å²) in [6.45, 7) is 1.69. The van der Waals surface area contributed by atoms with Crippen molar-refractivity contribution < 1.29 is 85.0 Å². The van der Waals surface area contributed by atoms with E-state index in [0.717, 1.165) is 0 Å². The molecule has 1 N–H and O–H groups in total. The molecule has 0 fully saturated rings. The molecule has 0 aliphatic carbocycles. The zero-order valence-electron chi connectivity index (χ0n) is 12.4. The van der Waals surface area contributed by atoms with E-state index < -0.39 is 31.9 Å². The molecule has 0 aromatic rings. The topological polar surface area (TPSA) is 54.4 Å². The number of hydrogen-bond acceptors (Lipinski definition) is 2. The predicted octanol–water partition coefficient (Wildman–Crippen LogP) is 1.30. The summed E-state index contributed by atoms with van der Waals surface area (Å²) in [6.07, 6.45) is 0.471. The molecule has 0 heterocycles. The van der Waals surface area contributed by atoms with Gasteiger partial charge in [-0.2, -0.15) is 8.42 Å². The smallest absolute Gasteiger partial charge is 1.00 e. The van der Waals surface area contributed by atoms with E-state index in [4.69, 9.17) is 4.55 Å². The zero-order chi connectivity index (χ0) is 19.4. The Labute approximate surface area is 136 Å². The number of hydrogen-bond donors (Lipinski definition) is 1. The van der Waals surface area contributed by atoms with Crippen molar-refractivity contribution in [1.82, 2.24) is 0 Å². The maximum Gasteiger partial charge on any atom is 1.00 e. The maximum atomic E-state index is 9.79. The van der Waals surface area contributed by atoms with Crippen LogP contribution in [0.4, 0.5) is 51.8 Å². The van der Waals surface area contributed by atoms with Crippen molar-refractivity contribution in [2.24, 2.45) is 0 Å². The summed E-state index contributed by atoms with van der Waals surface area (Å²) in [5.74, 6) is -0.132. The molecule has 0 amide bonds. The largest absolute Gasteiger partial charge is 1.00 e. The molecule has 0 aliphatic heterocycles. The minimum Gasteiger partial charge on any atom is -1.00 e. The van der Waals surface area contributed by atoms with Crippen LogP contribution in [0, 0.1) is 0 Å². The molecule has 0 saturated heterocycles. The van der Waals surface area contributed by atoms with Gasteiger partial charge in [-0.1, -0.05) is 6.92 Å². The quantitative estimate of drug-likeness (QED) is 0.438. The van der Waals surface area contributed by atoms with E-state index in [2.05, 4.69) is 0 Å². The number of halogens is 12. The molecule has 0 unspecified atom stereocenters. The van der Waals surface area contributed by atoms with Crippen LogP contribution in [0.5, 0.6) is 0 Å². The monoisotopic (exact) mass is 393 g/mol. The van der Waals surface area contributed by atoms with Crippen LogP contribution in [0.3, 0.4) is 0 Å². The van der Waals surface area contributed by atoms with Crippen molar-refractivity contribution in [3.05, 3.63) is 0 Å². The van der Waals surface area contributed by atoms with Crippen molar-refractivity contribution in [1.29, 1.82) is 0 Å². The number of rotatable bonds is 2. The summed E-state index contributed by atoms with van der Waals surface area (Å²) >= 11 is 0. The fraction of sp³-hybridized carbons (Fsp3) is 1.00. The van der Waals surface area contributed by atoms with Gasteiger partial charge in [0.05, 0.1) is 5.75 Å². The van der Waals surface area contributed by atoms with E-state index in [1.54, 1.807) is 6.92 Å². The summed E-state index contributed by atoms with van der Waals surface area (Å²) in [4.78, 5) is 0. The van der Waals surface area contributed by atoms with Gasteiger partial charge in [-0.25, -0.2) is 0 Å². The van der Waals surface area contributed by atoms with Crippen molar-refractivity contribution in [3.63, 3.8) is 0 Å². The molecule has 0 aliphatic rings. The zero-order valence-corrected chi connectivity index (χ0v) is 12.2. The minimum absolute atomic E-state index is 0. The van der Waals surface area contributed by atoms with Crippen LogP contribution in [-0.2, 0) is 10.1 Å². The van der Waals surface area contributed by atoms with Crippen LogP contribution in [0.25, 0.3) is 0 Å². The van der Waals surface area contributed by atoms with E-state index in [9.17, 15) is 60.2 Å². The second-order valence-corrected chi connectivity index (χ2v) is 4.34. The summed E-state index contributed by atoms with van der Waals surface area (Å²) in [5.41, 5.74) is 0. The summed E-state index contributed by atoms with van der Waals surface area (Å²) < 4.78 is 145. The molecule has 0 bridgehead atoms. The van der Waals surface area contributed by atoms with Gasteiger partial charge in [0.25, 0.3) is 10.1 Å². The molecule has 0 aromatic heterocycles. The predicted molar refractivity (Wildman–Crippen MR) is 58.4 cm³/mol. The Morgan fingerprint density at radius 3 is 0.870 bits per heavy atom. The first-order valence-corrected chi connectivity index (χ1v) is 6.24. The SMILES string of the molecule is CCCS(=O)(=O)O.F[B-](F)(F)F.F[B-](F)(F)F.F[B-](F)(F)F.[H-].[Li+]. The van der Waals surface area contributed by atoms with Gasteiger partial charge in [-0.3, -0.25) is 4.55 Å². The Bertz CT molecular complexity index is 311. The third-order valence-electron chi connectivity index (χ3n) is 0.462. The average Bonchev–Trinajstić information content (AvgIpc) is 1.88. The van der Waals surface area contributed by atoms with Gasteiger partial charge in [-0.15, -0.1) is 0 Å². The van der Waals surface area contributed by atoms with Crippen molar-refractivity contribution >= 4 is 31.9 Å². The first-order valence-electron chi connectivity index (χ1n) is 4.63. The third-order valence-corrected chi connectivity index (χ3v) is 1.39. The van der Waals surface area contributed by atoms with E-state index in [1.807, 2.05) is 0 Å². The van der Waals surface area contributed by atoms with E-state index in [1.165, 1.54) is 0 Å². The fourth-order valence-corrected chi connectivity index (χ4v) is 0.774. The Hall–Kier alpha value is -0.138. The standard InChI is InChI=1S/C3H8O3S.3BF4.Li.H/c1-2-3-7(4,5)6;3*2-1(3,4)5;;/h2-3H2,1H3,(H,4,5,6);;;;;/q;3*-1;+1;-1. The normalized spacial score (nSPS) is 11.4. The second-order valence-electron chi connectivity index (χ2n) is 2.77. The Kier molecular flexibility index (Phi) is 21.2. The molecule has 0 aromatic carbocycles. The summed E-state index contributed by atoms with van der Waals surface area (Å²) in [7, 11) is -21.7. The molecule has 142 valence electrons. The molecule has 0 saturated carbocycles. The first-order chi connectivity index (χ1) is 9.06. The van der Waals surface area contributed by atoms with Crippen LogP contribution in [0.15, 0.2) is 0 Å². The molecular formula is C3H9B3F12LiO3S-3. The van der Waals surface area contributed by atoms with Gasteiger partial charge in [0.2, 0.25) is 0 Å². The van der Waals surface area contributed by atoms with Crippen LogP contribution >= 0.6 is 0 Å². The van der Waals surface area contributed by atoms with E-state index in [-0.39, 0.29) is 26.0 Å². The molecule has 20 heteroatoms. The van der Waals surface area contributed by atoms with Crippen LogP contribution in [0.2, 0.25) is 0 Å². The average molecular weight is 393 g/mol. The van der Waals surface area contributed by atoms with Crippen molar-refractivity contribution in [3.8, 4) is 0 Å². The molecule has 3 nitrogen and oxygen atoms in total. The molecule has 0 rings (SSSR count). The fourth-order valence-electron chi connectivity index (χ4n) is 0.258. The van der Waals surface area contributed by atoms with E-state index in [0.29, 0.717) is 6.42 Å². The molecule has 0 spiro atoms. The third kappa shape index (κ3) is 578. The first kappa shape index (κ1) is 34.2. The molecular weight excluding hydrogens is 383 g/mol. The van der Waals surface area contributed by atoms with Gasteiger partial charge in [0.1, 0.15) is 0 Å². The summed E-state index contributed by atoms with van der Waals surface area (Å²) in [5, 5.41) is 0. The summed E-state index contributed by atoms with van der Waals surface area (Å²) in [6, 6.07) is 0. The second kappa shape index (κ2) is 14.2. The Morgan fingerprint density at radius 2 is 0.870 bits per heavy atom. The molecule has 0 atom stereocenters. The van der Waals surface area contributed by atoms with Crippen LogP contribution < -0.4 is 18.9 Å². The van der Waals surface area contributed by atoms with Crippen molar-refractivity contribution in [2.75, 3.05) is 5.75 Å². The Balaban J connectivity index is -0.0000000443. The van der Waals surface area contributed by atoms with Gasteiger partial charge in [0.15, 0.2) is 0 Å². The van der Waals surface area contributed by atoms with Gasteiger partial charge in [0, 0.05) is 0 Å². The van der Waals surface area contributed by atoms with Gasteiger partial charge in [-0.05, 0) is 6.42 Å². The van der Waals surface area contributed by atoms with Crippen molar-refractivity contribution in [2.45, 2.75) is 13.3 Å². The Morgan fingerprint density at radius 1 is 0.739 bits per heavy atom. The van der Waals surface area contributed by atoms with E-state index >= 15 is 0 Å². The van der Waals surface area contributed by atoms with Crippen LogP contribution in [-0.4, -0.2) is 40.5 Å². The van der Waals surface area contributed by atoms with Gasteiger partial charge < -0.3 is 53.2 Å². The van der Waals surface area contributed by atoms with Crippen LogP contribution in [0.1, 0.15) is 14.8 Å². The minimum atomic E-state index is -6.00. The molecule has 23 heavy (non-hydrogen) atoms. The van der Waals surface area contributed by atoms with Gasteiger partial charge >= 0.3 is 40.6 Å². The maximum absolute atomic E-state index is 9.79.